The molecule has 132 valence electrons. The number of aryl methyl sites for hydroxylation is 1. The summed E-state index contributed by atoms with van der Waals surface area (Å²) < 4.78 is 5.59. The van der Waals surface area contributed by atoms with Crippen molar-refractivity contribution in [2.45, 2.75) is 20.0 Å². The first-order valence-electron chi connectivity index (χ1n) is 7.78. The van der Waals surface area contributed by atoms with Crippen LogP contribution < -0.4 is 5.32 Å². The summed E-state index contributed by atoms with van der Waals surface area (Å²) in [5.74, 6) is -2.15. The maximum absolute atomic E-state index is 12.0. The number of aromatic nitrogens is 1. The van der Waals surface area contributed by atoms with Gasteiger partial charge < -0.3 is 20.3 Å². The Labute approximate surface area is 145 Å². The number of hydrogen-bond donors (Lipinski definition) is 3. The number of carboxylic acids is 1. The van der Waals surface area contributed by atoms with Crippen molar-refractivity contribution >= 4 is 11.9 Å². The van der Waals surface area contributed by atoms with Crippen LogP contribution in [0.15, 0.2) is 36.4 Å². The molecule has 1 aromatic carbocycles. The van der Waals surface area contributed by atoms with E-state index in [-0.39, 0.29) is 11.4 Å². The van der Waals surface area contributed by atoms with Crippen molar-refractivity contribution in [2.75, 3.05) is 13.2 Å². The Morgan fingerprint density at radius 1 is 1.24 bits per heavy atom. The number of hydrogen-bond acceptors (Lipinski definition) is 5. The van der Waals surface area contributed by atoms with Gasteiger partial charge in [0.25, 0.3) is 5.91 Å². The van der Waals surface area contributed by atoms with Gasteiger partial charge in [0.05, 0.1) is 13.2 Å². The van der Waals surface area contributed by atoms with Crippen LogP contribution >= 0.6 is 0 Å². The fraction of sp³-hybridized carbons (Fsp3) is 0.278. The fourth-order valence-electron chi connectivity index (χ4n) is 2.27. The Morgan fingerprint density at radius 2 is 1.96 bits per heavy atom. The quantitative estimate of drug-likeness (QED) is 0.629. The van der Waals surface area contributed by atoms with Crippen molar-refractivity contribution in [3.05, 3.63) is 58.9 Å². The molecule has 0 bridgehead atoms. The van der Waals surface area contributed by atoms with E-state index in [4.69, 9.17) is 9.84 Å². The second-order valence-electron chi connectivity index (χ2n) is 5.48. The van der Waals surface area contributed by atoms with Gasteiger partial charge in [0.2, 0.25) is 0 Å². The minimum atomic E-state index is -1.17. The van der Waals surface area contributed by atoms with Crippen molar-refractivity contribution in [3.63, 3.8) is 0 Å². The third-order valence-corrected chi connectivity index (χ3v) is 3.44. The second kappa shape index (κ2) is 8.79. The number of aromatic hydroxyl groups is 1. The number of ether oxygens (including phenoxy) is 1. The maximum Gasteiger partial charge on any atom is 0.322 e. The standard InChI is InChI=1S/C18H20N2O5/c1-12-9-14(7-8-25-11-13-5-3-2-4-6-13)17(23)16(20-12)18(24)19-10-15(21)22/h2-6,9,23H,7-8,10-11H2,1H3,(H,19,24)(H,21,22). The Balaban J connectivity index is 1.98. The summed E-state index contributed by atoms with van der Waals surface area (Å²) in [6, 6.07) is 11.4. The van der Waals surface area contributed by atoms with Gasteiger partial charge in [0, 0.05) is 11.3 Å². The highest BCUT2D eigenvalue weighted by Crippen LogP contribution is 2.22. The number of carbonyl (C=O) groups excluding carboxylic acids is 1. The zero-order valence-electron chi connectivity index (χ0n) is 13.9. The Kier molecular flexibility index (Phi) is 6.47. The summed E-state index contributed by atoms with van der Waals surface area (Å²) >= 11 is 0. The van der Waals surface area contributed by atoms with Crippen LogP contribution in [0.25, 0.3) is 0 Å². The molecule has 1 heterocycles. The molecular weight excluding hydrogens is 324 g/mol. The second-order valence-corrected chi connectivity index (χ2v) is 5.48. The van der Waals surface area contributed by atoms with Crippen molar-refractivity contribution in [1.82, 2.24) is 10.3 Å². The lowest BCUT2D eigenvalue weighted by Gasteiger charge is -2.11. The molecule has 0 spiro atoms. The van der Waals surface area contributed by atoms with E-state index in [0.29, 0.717) is 30.9 Å². The summed E-state index contributed by atoms with van der Waals surface area (Å²) in [6.07, 6.45) is 0.404. The normalized spacial score (nSPS) is 10.4. The van der Waals surface area contributed by atoms with Crippen LogP contribution in [0.5, 0.6) is 5.75 Å². The van der Waals surface area contributed by atoms with Crippen LogP contribution in [0.1, 0.15) is 27.3 Å². The molecule has 0 aliphatic carbocycles. The van der Waals surface area contributed by atoms with Gasteiger partial charge in [-0.1, -0.05) is 30.3 Å². The third kappa shape index (κ3) is 5.58. The maximum atomic E-state index is 12.0. The molecule has 0 unspecified atom stereocenters. The van der Waals surface area contributed by atoms with Crippen LogP contribution in [0.2, 0.25) is 0 Å². The van der Waals surface area contributed by atoms with Crippen molar-refractivity contribution in [2.24, 2.45) is 0 Å². The van der Waals surface area contributed by atoms with Crippen LogP contribution in [0.4, 0.5) is 0 Å². The van der Waals surface area contributed by atoms with Gasteiger partial charge in [-0.15, -0.1) is 0 Å². The molecule has 0 saturated carbocycles. The summed E-state index contributed by atoms with van der Waals surface area (Å²) in [4.78, 5) is 26.5. The molecule has 0 aliphatic rings. The first-order valence-corrected chi connectivity index (χ1v) is 7.78. The highest BCUT2D eigenvalue weighted by atomic mass is 16.5. The molecule has 0 aliphatic heterocycles. The summed E-state index contributed by atoms with van der Waals surface area (Å²) in [5, 5.41) is 21.0. The van der Waals surface area contributed by atoms with E-state index in [9.17, 15) is 14.7 Å². The lowest BCUT2D eigenvalue weighted by atomic mass is 10.1. The van der Waals surface area contributed by atoms with Gasteiger partial charge in [0.15, 0.2) is 5.69 Å². The molecular formula is C18H20N2O5. The van der Waals surface area contributed by atoms with Gasteiger partial charge in [-0.3, -0.25) is 9.59 Å². The number of benzene rings is 1. The number of carboxylic acid groups (broad SMARTS) is 1. The third-order valence-electron chi connectivity index (χ3n) is 3.44. The average molecular weight is 344 g/mol. The van der Waals surface area contributed by atoms with E-state index in [2.05, 4.69) is 10.3 Å². The number of pyridine rings is 1. The summed E-state index contributed by atoms with van der Waals surface area (Å²) in [7, 11) is 0. The highest BCUT2D eigenvalue weighted by Gasteiger charge is 2.18. The molecule has 2 aromatic rings. The number of nitrogens with zero attached hydrogens (tertiary/aromatic N) is 1. The van der Waals surface area contributed by atoms with Gasteiger partial charge in [0.1, 0.15) is 12.3 Å². The molecule has 1 amide bonds. The first kappa shape index (κ1) is 18.4. The fourth-order valence-corrected chi connectivity index (χ4v) is 2.27. The van der Waals surface area contributed by atoms with E-state index in [1.54, 1.807) is 13.0 Å². The van der Waals surface area contributed by atoms with E-state index in [0.717, 1.165) is 5.56 Å². The minimum absolute atomic E-state index is 0.181. The predicted octanol–water partition coefficient (Wildman–Crippen LogP) is 1.67. The minimum Gasteiger partial charge on any atom is -0.505 e. The van der Waals surface area contributed by atoms with E-state index in [1.165, 1.54) is 0 Å². The SMILES string of the molecule is Cc1cc(CCOCc2ccccc2)c(O)c(C(=O)NCC(=O)O)n1. The van der Waals surface area contributed by atoms with Gasteiger partial charge in [-0.25, -0.2) is 4.98 Å². The van der Waals surface area contributed by atoms with Crippen LogP contribution in [-0.2, 0) is 22.6 Å². The number of rotatable bonds is 8. The predicted molar refractivity (Wildman–Crippen MR) is 90.4 cm³/mol. The van der Waals surface area contributed by atoms with Crippen molar-refractivity contribution in [1.29, 1.82) is 0 Å². The molecule has 25 heavy (non-hydrogen) atoms. The molecule has 0 radical (unpaired) electrons. The smallest absolute Gasteiger partial charge is 0.322 e. The monoisotopic (exact) mass is 344 g/mol. The van der Waals surface area contributed by atoms with E-state index >= 15 is 0 Å². The number of amides is 1. The van der Waals surface area contributed by atoms with Crippen LogP contribution in [0.3, 0.4) is 0 Å². The van der Waals surface area contributed by atoms with E-state index in [1.807, 2.05) is 30.3 Å². The lowest BCUT2D eigenvalue weighted by molar-refractivity contribution is -0.135. The Hall–Kier alpha value is -2.93. The van der Waals surface area contributed by atoms with Crippen molar-refractivity contribution in [3.8, 4) is 5.75 Å². The van der Waals surface area contributed by atoms with Gasteiger partial charge in [-0.05, 0) is 25.0 Å². The van der Waals surface area contributed by atoms with Crippen LogP contribution in [0, 0.1) is 6.92 Å². The number of nitrogens with one attached hydrogen (secondary N) is 1. The Bertz CT molecular complexity index is 747. The molecule has 0 saturated heterocycles. The molecule has 0 atom stereocenters. The van der Waals surface area contributed by atoms with Gasteiger partial charge >= 0.3 is 5.97 Å². The van der Waals surface area contributed by atoms with Gasteiger partial charge in [-0.2, -0.15) is 0 Å². The largest absolute Gasteiger partial charge is 0.505 e. The first-order chi connectivity index (χ1) is 12.0. The molecule has 0 fully saturated rings. The zero-order chi connectivity index (χ0) is 18.2. The number of carbonyl (C=O) groups is 2. The zero-order valence-corrected chi connectivity index (χ0v) is 13.9. The number of aliphatic carboxylic acids is 1. The molecule has 2 rings (SSSR count). The van der Waals surface area contributed by atoms with Crippen LogP contribution in [-0.4, -0.2) is 40.2 Å². The highest BCUT2D eigenvalue weighted by molar-refractivity contribution is 5.96. The lowest BCUT2D eigenvalue weighted by Crippen LogP contribution is -2.30. The Morgan fingerprint density at radius 3 is 2.64 bits per heavy atom. The molecule has 3 N–H and O–H groups in total. The molecule has 7 heteroatoms. The van der Waals surface area contributed by atoms with Crippen molar-refractivity contribution < 1.29 is 24.5 Å². The summed E-state index contributed by atoms with van der Waals surface area (Å²) in [6.45, 7) is 1.98. The summed E-state index contributed by atoms with van der Waals surface area (Å²) in [5.41, 5.74) is 1.95. The molecule has 7 nitrogen and oxygen atoms in total. The molecule has 1 aromatic heterocycles. The topological polar surface area (TPSA) is 109 Å². The average Bonchev–Trinajstić information content (AvgIpc) is 2.60. The van der Waals surface area contributed by atoms with E-state index < -0.39 is 18.4 Å².